The van der Waals surface area contributed by atoms with Gasteiger partial charge in [0.05, 0.1) is 43.3 Å². The van der Waals surface area contributed by atoms with Gasteiger partial charge in [0, 0.05) is 67.3 Å². The number of benzene rings is 2. The highest BCUT2D eigenvalue weighted by Gasteiger charge is 2.14. The Balaban J connectivity index is 1.56. The molecule has 0 amide bonds. The highest BCUT2D eigenvalue weighted by atomic mass is 16.5. The zero-order chi connectivity index (χ0) is 24.9. The second-order valence-corrected chi connectivity index (χ2v) is 8.02. The summed E-state index contributed by atoms with van der Waals surface area (Å²) >= 11 is 0. The molecule has 0 N–H and O–H groups in total. The molecule has 9 heteroatoms. The molecule has 0 spiro atoms. The Labute approximate surface area is 208 Å². The first-order valence-corrected chi connectivity index (χ1v) is 11.3. The average molecular weight is 480 g/mol. The summed E-state index contributed by atoms with van der Waals surface area (Å²) in [5.41, 5.74) is 5.11. The van der Waals surface area contributed by atoms with Gasteiger partial charge in [-0.05, 0) is 30.3 Å². The van der Waals surface area contributed by atoms with Crippen molar-refractivity contribution in [3.63, 3.8) is 0 Å². The van der Waals surface area contributed by atoms with Gasteiger partial charge in [0.1, 0.15) is 11.5 Å². The number of ether oxygens (including phenoxy) is 2. The number of aromatic nitrogens is 6. The lowest BCUT2D eigenvalue weighted by Crippen LogP contribution is -2.17. The number of hydrogen-bond acceptors (Lipinski definition) is 8. The average Bonchev–Trinajstić information content (AvgIpc) is 3.37. The first kappa shape index (κ1) is 23.0. The number of aryl methyl sites for hydroxylation is 1. The van der Waals surface area contributed by atoms with Crippen molar-refractivity contribution in [2.24, 2.45) is 7.05 Å². The van der Waals surface area contributed by atoms with Crippen molar-refractivity contribution in [2.45, 2.75) is 0 Å². The number of nitrogens with zero attached hydrogens (tertiary/aromatic N) is 7. The minimum atomic E-state index is 0.551. The van der Waals surface area contributed by atoms with Gasteiger partial charge in [0.15, 0.2) is 5.82 Å². The van der Waals surface area contributed by atoms with Crippen LogP contribution in [0.3, 0.4) is 0 Å². The van der Waals surface area contributed by atoms with Crippen LogP contribution in [0.1, 0.15) is 5.82 Å². The summed E-state index contributed by atoms with van der Waals surface area (Å²) in [4.78, 5) is 20.2. The first-order chi connectivity index (χ1) is 17.6. The third-order valence-corrected chi connectivity index (χ3v) is 5.63. The van der Waals surface area contributed by atoms with Crippen LogP contribution in [0.2, 0.25) is 0 Å². The molecule has 0 saturated carbocycles. The molecule has 0 saturated heterocycles. The van der Waals surface area contributed by atoms with Gasteiger partial charge >= 0.3 is 0 Å². The smallest absolute Gasteiger partial charge is 0.151 e. The Kier molecular flexibility index (Phi) is 6.53. The summed E-state index contributed by atoms with van der Waals surface area (Å²) in [7, 11) is 5.16. The molecule has 5 rings (SSSR count). The van der Waals surface area contributed by atoms with E-state index in [2.05, 4.69) is 25.0 Å². The van der Waals surface area contributed by atoms with Gasteiger partial charge in [0.25, 0.3) is 0 Å². The van der Waals surface area contributed by atoms with Crippen LogP contribution in [0.15, 0.2) is 79.5 Å². The number of anilines is 2. The molecule has 0 radical (unpaired) electrons. The molecule has 3 heterocycles. The van der Waals surface area contributed by atoms with Crippen molar-refractivity contribution in [3.05, 3.63) is 85.3 Å². The van der Waals surface area contributed by atoms with Gasteiger partial charge in [0.2, 0.25) is 0 Å². The lowest BCUT2D eigenvalue weighted by molar-refractivity contribution is 0.394. The Morgan fingerprint density at radius 3 is 2.36 bits per heavy atom. The molecule has 0 atom stereocenters. The van der Waals surface area contributed by atoms with E-state index >= 15 is 0 Å². The van der Waals surface area contributed by atoms with Gasteiger partial charge in [-0.2, -0.15) is 5.10 Å². The highest BCUT2D eigenvalue weighted by molar-refractivity contribution is 5.83. The van der Waals surface area contributed by atoms with Crippen molar-refractivity contribution in [2.75, 3.05) is 25.7 Å². The molecule has 0 unspecified atom stereocenters. The van der Waals surface area contributed by atoms with Crippen LogP contribution in [0.4, 0.5) is 11.4 Å². The van der Waals surface area contributed by atoms with Gasteiger partial charge in [-0.3, -0.25) is 9.67 Å². The Hall–Kier alpha value is -4.79. The van der Waals surface area contributed by atoms with E-state index in [0.717, 1.165) is 33.7 Å². The Bertz CT molecular complexity index is 1490. The summed E-state index contributed by atoms with van der Waals surface area (Å²) in [6.07, 6.45) is 12.8. The summed E-state index contributed by atoms with van der Waals surface area (Å²) in [5.74, 6) is 2.04. The minimum Gasteiger partial charge on any atom is -0.497 e. The van der Waals surface area contributed by atoms with E-state index in [-0.39, 0.29) is 0 Å². The predicted octanol–water partition coefficient (Wildman–Crippen LogP) is 4.69. The van der Waals surface area contributed by atoms with Crippen LogP contribution in [-0.2, 0) is 7.05 Å². The molecule has 36 heavy (non-hydrogen) atoms. The fourth-order valence-corrected chi connectivity index (χ4v) is 3.83. The summed E-state index contributed by atoms with van der Waals surface area (Å²) in [6, 6.07) is 13.6. The Morgan fingerprint density at radius 1 is 0.889 bits per heavy atom. The Morgan fingerprint density at radius 2 is 1.67 bits per heavy atom. The lowest BCUT2D eigenvalue weighted by atomic mass is 10.2. The molecule has 180 valence electrons. The number of hydrogen-bond donors (Lipinski definition) is 0. The van der Waals surface area contributed by atoms with Crippen LogP contribution in [0.5, 0.6) is 11.5 Å². The number of methoxy groups -OCH3 is 2. The van der Waals surface area contributed by atoms with Gasteiger partial charge in [-0.15, -0.1) is 0 Å². The van der Waals surface area contributed by atoms with Crippen LogP contribution in [0.25, 0.3) is 28.4 Å². The fraction of sp³-hybridized carbons (Fsp3) is 0.148. The molecule has 0 aliphatic carbocycles. The van der Waals surface area contributed by atoms with Crippen molar-refractivity contribution in [1.82, 2.24) is 29.7 Å². The largest absolute Gasteiger partial charge is 0.497 e. The third kappa shape index (κ3) is 5.00. The van der Waals surface area contributed by atoms with E-state index < -0.39 is 0 Å². The molecular formula is C27H25N7O2. The standard InChI is InChI=1S/C27H25N7O2/c1-33-18-19(16-31-33)26-17-30-24-8-7-20(14-25(24)32-26)34(11-4-6-27-28-9-5-10-29-27)21-12-22(35-2)15-23(13-21)36-3/h4-10,12-18H,11H2,1-3H3. The lowest BCUT2D eigenvalue weighted by Gasteiger charge is -2.25. The normalized spacial score (nSPS) is 11.2. The molecule has 5 aromatic rings. The summed E-state index contributed by atoms with van der Waals surface area (Å²) in [5, 5.41) is 4.25. The van der Waals surface area contributed by atoms with Crippen LogP contribution >= 0.6 is 0 Å². The molecule has 0 aliphatic heterocycles. The molecule has 2 aromatic carbocycles. The third-order valence-electron chi connectivity index (χ3n) is 5.63. The van der Waals surface area contributed by atoms with E-state index in [1.54, 1.807) is 49.8 Å². The topological polar surface area (TPSA) is 91.1 Å². The minimum absolute atomic E-state index is 0.551. The SMILES string of the molecule is COc1cc(OC)cc(N(CC=Cc2ncccn2)c2ccc3ncc(-c4cnn(C)c4)nc3c2)c1. The second-order valence-electron chi connectivity index (χ2n) is 8.02. The van der Waals surface area contributed by atoms with E-state index in [9.17, 15) is 0 Å². The number of rotatable bonds is 8. The quantitative estimate of drug-likeness (QED) is 0.317. The maximum absolute atomic E-state index is 5.52. The van der Waals surface area contributed by atoms with Crippen LogP contribution in [-0.4, -0.2) is 50.5 Å². The molecule has 0 fully saturated rings. The zero-order valence-corrected chi connectivity index (χ0v) is 20.2. The molecule has 0 aliphatic rings. The van der Waals surface area contributed by atoms with Crippen molar-refractivity contribution in [1.29, 1.82) is 0 Å². The fourth-order valence-electron chi connectivity index (χ4n) is 3.83. The maximum atomic E-state index is 5.52. The van der Waals surface area contributed by atoms with Crippen LogP contribution in [0, 0.1) is 0 Å². The molecule has 3 aromatic heterocycles. The van der Waals surface area contributed by atoms with E-state index in [1.807, 2.05) is 61.8 Å². The zero-order valence-electron chi connectivity index (χ0n) is 20.2. The van der Waals surface area contributed by atoms with Gasteiger partial charge < -0.3 is 14.4 Å². The van der Waals surface area contributed by atoms with Crippen molar-refractivity contribution < 1.29 is 9.47 Å². The van der Waals surface area contributed by atoms with Gasteiger partial charge in [-0.25, -0.2) is 15.0 Å². The predicted molar refractivity (Wildman–Crippen MR) is 139 cm³/mol. The maximum Gasteiger partial charge on any atom is 0.151 e. The summed E-state index contributed by atoms with van der Waals surface area (Å²) in [6.45, 7) is 0.551. The number of fused-ring (bicyclic) bond motifs is 1. The first-order valence-electron chi connectivity index (χ1n) is 11.3. The van der Waals surface area contributed by atoms with E-state index in [1.165, 1.54) is 0 Å². The van der Waals surface area contributed by atoms with E-state index in [4.69, 9.17) is 14.5 Å². The monoisotopic (exact) mass is 479 g/mol. The van der Waals surface area contributed by atoms with Crippen molar-refractivity contribution >= 4 is 28.5 Å². The second kappa shape index (κ2) is 10.2. The summed E-state index contributed by atoms with van der Waals surface area (Å²) < 4.78 is 12.8. The molecule has 9 nitrogen and oxygen atoms in total. The van der Waals surface area contributed by atoms with E-state index in [0.29, 0.717) is 23.9 Å². The molecule has 0 bridgehead atoms. The molecular weight excluding hydrogens is 454 g/mol. The van der Waals surface area contributed by atoms with Crippen molar-refractivity contribution in [3.8, 4) is 22.8 Å². The highest BCUT2D eigenvalue weighted by Crippen LogP contribution is 2.34. The van der Waals surface area contributed by atoms with Crippen LogP contribution < -0.4 is 14.4 Å². The van der Waals surface area contributed by atoms with Gasteiger partial charge in [-0.1, -0.05) is 6.08 Å².